The Kier molecular flexibility index (Phi) is 3.04. The monoisotopic (exact) mass is 235 g/mol. The third-order valence-corrected chi connectivity index (χ3v) is 5.75. The second kappa shape index (κ2) is 4.40. The lowest BCUT2D eigenvalue weighted by molar-refractivity contribution is -0.0504. The van der Waals surface area contributed by atoms with Crippen molar-refractivity contribution >= 4 is 0 Å². The molecule has 3 aliphatic rings. The van der Waals surface area contributed by atoms with Crippen molar-refractivity contribution in [2.24, 2.45) is 28.9 Å². The van der Waals surface area contributed by atoms with Crippen LogP contribution in [0.2, 0.25) is 0 Å². The summed E-state index contributed by atoms with van der Waals surface area (Å²) >= 11 is 0. The highest BCUT2D eigenvalue weighted by atomic mass is 16.3. The van der Waals surface area contributed by atoms with Gasteiger partial charge in [-0.25, -0.2) is 0 Å². The molecule has 2 heteroatoms. The Morgan fingerprint density at radius 2 is 2.18 bits per heavy atom. The number of nitrogens with two attached hydrogens (primary N) is 1. The highest BCUT2D eigenvalue weighted by Crippen LogP contribution is 2.58. The topological polar surface area (TPSA) is 46.2 Å². The molecule has 0 aromatic rings. The van der Waals surface area contributed by atoms with Crippen LogP contribution in [0.3, 0.4) is 0 Å². The van der Waals surface area contributed by atoms with Gasteiger partial charge in [-0.05, 0) is 56.3 Å². The van der Waals surface area contributed by atoms with Gasteiger partial charge in [-0.15, -0.1) is 0 Å². The van der Waals surface area contributed by atoms with Gasteiger partial charge >= 0.3 is 0 Å². The van der Waals surface area contributed by atoms with E-state index in [9.17, 15) is 5.11 Å². The van der Waals surface area contributed by atoms with Crippen LogP contribution >= 0.6 is 0 Å². The first-order chi connectivity index (χ1) is 8.26. The number of aliphatic hydroxyl groups excluding tert-OH is 1. The first-order valence-electron chi connectivity index (χ1n) is 7.29. The molecule has 3 rings (SSSR count). The number of rotatable bonds is 3. The molecular weight excluding hydrogens is 210 g/mol. The maximum Gasteiger partial charge on any atom is 0.0642 e. The second-order valence-corrected chi connectivity index (χ2v) is 6.51. The van der Waals surface area contributed by atoms with E-state index >= 15 is 0 Å². The fourth-order valence-corrected chi connectivity index (χ4v) is 4.79. The van der Waals surface area contributed by atoms with Crippen LogP contribution in [-0.2, 0) is 0 Å². The van der Waals surface area contributed by atoms with Crippen molar-refractivity contribution < 1.29 is 5.11 Å². The van der Waals surface area contributed by atoms with Gasteiger partial charge in [-0.3, -0.25) is 0 Å². The van der Waals surface area contributed by atoms with Gasteiger partial charge in [0.25, 0.3) is 0 Å². The molecular formula is C15H25NO. The summed E-state index contributed by atoms with van der Waals surface area (Å²) in [5.41, 5.74) is 6.15. The third-order valence-electron chi connectivity index (χ3n) is 5.75. The van der Waals surface area contributed by atoms with Crippen molar-refractivity contribution in [3.63, 3.8) is 0 Å². The Labute approximate surface area is 104 Å². The molecule has 2 saturated carbocycles. The summed E-state index contributed by atoms with van der Waals surface area (Å²) in [7, 11) is 0. The average molecular weight is 235 g/mol. The summed E-state index contributed by atoms with van der Waals surface area (Å²) in [5, 5.41) is 10.8. The Morgan fingerprint density at radius 3 is 2.71 bits per heavy atom. The lowest BCUT2D eigenvalue weighted by Gasteiger charge is -2.44. The second-order valence-electron chi connectivity index (χ2n) is 6.51. The van der Waals surface area contributed by atoms with Crippen LogP contribution in [0.1, 0.15) is 44.9 Å². The molecule has 0 aromatic carbocycles. The van der Waals surface area contributed by atoms with Gasteiger partial charge < -0.3 is 10.8 Å². The van der Waals surface area contributed by atoms with E-state index in [0.29, 0.717) is 18.4 Å². The predicted octanol–water partition coefficient (Wildman–Crippen LogP) is 2.47. The standard InChI is InChI=1S/C15H25NO/c16-10-15(9-11-6-7-13(15)8-11)14(17)12-4-2-1-3-5-12/h1-2,11-14,17H,3-10,16H2. The quantitative estimate of drug-likeness (QED) is 0.738. The SMILES string of the molecule is NCC1(C(O)C2CC=CCC2)CC2CCC1C2. The minimum Gasteiger partial charge on any atom is -0.392 e. The van der Waals surface area contributed by atoms with Gasteiger partial charge in [0.2, 0.25) is 0 Å². The van der Waals surface area contributed by atoms with E-state index < -0.39 is 0 Å². The molecule has 3 N–H and O–H groups in total. The van der Waals surface area contributed by atoms with Gasteiger partial charge in [0.15, 0.2) is 0 Å². The number of allylic oxidation sites excluding steroid dienone is 2. The van der Waals surface area contributed by atoms with Crippen LogP contribution in [0.5, 0.6) is 0 Å². The summed E-state index contributed by atoms with van der Waals surface area (Å²) in [6.07, 6.45) is 12.9. The zero-order valence-corrected chi connectivity index (χ0v) is 10.6. The number of hydrogen-bond donors (Lipinski definition) is 2. The number of aliphatic hydroxyl groups is 1. The van der Waals surface area contributed by atoms with E-state index in [2.05, 4.69) is 12.2 Å². The van der Waals surface area contributed by atoms with Crippen molar-refractivity contribution in [1.29, 1.82) is 0 Å². The van der Waals surface area contributed by atoms with Gasteiger partial charge in [0.05, 0.1) is 6.10 Å². The molecule has 0 amide bonds. The molecule has 2 bridgehead atoms. The van der Waals surface area contributed by atoms with E-state index in [1.165, 1.54) is 25.7 Å². The average Bonchev–Trinajstić information content (AvgIpc) is 2.99. The Hall–Kier alpha value is -0.340. The molecule has 0 aliphatic heterocycles. The summed E-state index contributed by atoms with van der Waals surface area (Å²) in [6.45, 7) is 0.690. The smallest absolute Gasteiger partial charge is 0.0642 e. The first kappa shape index (κ1) is 11.7. The molecule has 5 atom stereocenters. The zero-order chi connectivity index (χ0) is 11.9. The van der Waals surface area contributed by atoms with Gasteiger partial charge in [-0.2, -0.15) is 0 Å². The molecule has 0 aromatic heterocycles. The van der Waals surface area contributed by atoms with Gasteiger partial charge in [-0.1, -0.05) is 18.6 Å². The Balaban J connectivity index is 1.78. The minimum atomic E-state index is -0.159. The molecule has 0 spiro atoms. The largest absolute Gasteiger partial charge is 0.392 e. The van der Waals surface area contributed by atoms with E-state index in [1.807, 2.05) is 0 Å². The van der Waals surface area contributed by atoms with E-state index in [0.717, 1.165) is 25.2 Å². The van der Waals surface area contributed by atoms with Crippen molar-refractivity contribution in [3.05, 3.63) is 12.2 Å². The maximum absolute atomic E-state index is 10.8. The summed E-state index contributed by atoms with van der Waals surface area (Å²) in [4.78, 5) is 0. The third kappa shape index (κ3) is 1.77. The highest BCUT2D eigenvalue weighted by Gasteiger charge is 2.55. The molecule has 2 fully saturated rings. The minimum absolute atomic E-state index is 0.0682. The van der Waals surface area contributed by atoms with Gasteiger partial charge in [0, 0.05) is 12.0 Å². The summed E-state index contributed by atoms with van der Waals surface area (Å²) in [5.74, 6) is 2.03. The van der Waals surface area contributed by atoms with Crippen LogP contribution < -0.4 is 5.73 Å². The lowest BCUT2D eigenvalue weighted by Crippen LogP contribution is -2.49. The van der Waals surface area contributed by atoms with E-state index in [-0.39, 0.29) is 11.5 Å². The zero-order valence-electron chi connectivity index (χ0n) is 10.6. The van der Waals surface area contributed by atoms with Crippen LogP contribution in [-0.4, -0.2) is 17.8 Å². The molecule has 0 saturated heterocycles. The maximum atomic E-state index is 10.8. The van der Waals surface area contributed by atoms with E-state index in [4.69, 9.17) is 5.73 Å². The molecule has 17 heavy (non-hydrogen) atoms. The molecule has 2 nitrogen and oxygen atoms in total. The van der Waals surface area contributed by atoms with Crippen molar-refractivity contribution in [2.75, 3.05) is 6.54 Å². The highest BCUT2D eigenvalue weighted by molar-refractivity contribution is 5.07. The van der Waals surface area contributed by atoms with Crippen molar-refractivity contribution in [2.45, 2.75) is 51.0 Å². The van der Waals surface area contributed by atoms with Crippen LogP contribution in [0.25, 0.3) is 0 Å². The van der Waals surface area contributed by atoms with E-state index in [1.54, 1.807) is 0 Å². The molecule has 5 unspecified atom stereocenters. The van der Waals surface area contributed by atoms with Crippen LogP contribution in [0.15, 0.2) is 12.2 Å². The predicted molar refractivity (Wildman–Crippen MR) is 69.4 cm³/mol. The lowest BCUT2D eigenvalue weighted by atomic mass is 9.64. The Bertz CT molecular complexity index is 314. The fourth-order valence-electron chi connectivity index (χ4n) is 4.79. The first-order valence-corrected chi connectivity index (χ1v) is 7.29. The molecule has 0 radical (unpaired) electrons. The summed E-state index contributed by atoms with van der Waals surface area (Å²) < 4.78 is 0. The van der Waals surface area contributed by atoms with Crippen LogP contribution in [0.4, 0.5) is 0 Å². The number of fused-ring (bicyclic) bond motifs is 2. The molecule has 0 heterocycles. The molecule has 3 aliphatic carbocycles. The van der Waals surface area contributed by atoms with Gasteiger partial charge in [0.1, 0.15) is 0 Å². The normalized spacial score (nSPS) is 46.4. The summed E-state index contributed by atoms with van der Waals surface area (Å²) in [6, 6.07) is 0. The number of hydrogen-bond acceptors (Lipinski definition) is 2. The Morgan fingerprint density at radius 1 is 1.29 bits per heavy atom. The van der Waals surface area contributed by atoms with Crippen molar-refractivity contribution in [3.8, 4) is 0 Å². The fraction of sp³-hybridized carbons (Fsp3) is 0.867. The van der Waals surface area contributed by atoms with Crippen LogP contribution in [0, 0.1) is 23.2 Å². The molecule has 96 valence electrons. The van der Waals surface area contributed by atoms with Crippen molar-refractivity contribution in [1.82, 2.24) is 0 Å².